The van der Waals surface area contributed by atoms with Crippen molar-refractivity contribution in [2.75, 3.05) is 7.05 Å². The Labute approximate surface area is 163 Å². The summed E-state index contributed by atoms with van der Waals surface area (Å²) in [5.74, 6) is -0.611. The quantitative estimate of drug-likeness (QED) is 0.535. The van der Waals surface area contributed by atoms with Crippen LogP contribution in [0, 0.1) is 0 Å². The van der Waals surface area contributed by atoms with Crippen LogP contribution in [0.15, 0.2) is 77.7 Å². The van der Waals surface area contributed by atoms with Crippen LogP contribution in [0.25, 0.3) is 0 Å². The molecule has 0 unspecified atom stereocenters. The second kappa shape index (κ2) is 6.82. The van der Waals surface area contributed by atoms with Crippen molar-refractivity contribution in [3.63, 3.8) is 0 Å². The molecule has 28 heavy (non-hydrogen) atoms. The van der Waals surface area contributed by atoms with Crippen LogP contribution in [0.3, 0.4) is 0 Å². The third-order valence-corrected chi connectivity index (χ3v) is 6.65. The first kappa shape index (κ1) is 18.3. The molecule has 0 saturated carbocycles. The molecular formula is C22H17NO4S. The van der Waals surface area contributed by atoms with Gasteiger partial charge in [0.15, 0.2) is 11.6 Å². The van der Waals surface area contributed by atoms with Gasteiger partial charge < -0.3 is 0 Å². The lowest BCUT2D eigenvalue weighted by molar-refractivity contribution is 0.0979. The average molecular weight is 391 g/mol. The Morgan fingerprint density at radius 2 is 1.25 bits per heavy atom. The number of hydrogen-bond acceptors (Lipinski definition) is 4. The molecular weight excluding hydrogens is 374 g/mol. The maximum Gasteiger partial charge on any atom is 0.243 e. The minimum atomic E-state index is -3.82. The van der Waals surface area contributed by atoms with Crippen molar-refractivity contribution in [3.05, 3.63) is 101 Å². The summed E-state index contributed by atoms with van der Waals surface area (Å²) >= 11 is 0. The molecule has 3 aromatic carbocycles. The van der Waals surface area contributed by atoms with Crippen molar-refractivity contribution in [1.29, 1.82) is 0 Å². The molecule has 1 aliphatic carbocycles. The fraction of sp³-hybridized carbons (Fsp3) is 0.0909. The first-order valence-electron chi connectivity index (χ1n) is 8.72. The molecule has 0 saturated heterocycles. The molecule has 0 aliphatic heterocycles. The molecule has 0 bridgehead atoms. The lowest BCUT2D eigenvalue weighted by atomic mass is 9.84. The third kappa shape index (κ3) is 2.96. The van der Waals surface area contributed by atoms with E-state index >= 15 is 0 Å². The second-order valence-corrected chi connectivity index (χ2v) is 8.70. The van der Waals surface area contributed by atoms with Crippen molar-refractivity contribution in [1.82, 2.24) is 4.31 Å². The monoisotopic (exact) mass is 391 g/mol. The molecule has 0 N–H and O–H groups in total. The lowest BCUT2D eigenvalue weighted by Gasteiger charge is -2.20. The van der Waals surface area contributed by atoms with E-state index in [1.807, 2.05) is 30.3 Å². The first-order chi connectivity index (χ1) is 13.4. The highest BCUT2D eigenvalue weighted by Crippen LogP contribution is 2.29. The number of carbonyl (C=O) groups is 2. The van der Waals surface area contributed by atoms with E-state index in [0.717, 1.165) is 5.56 Å². The molecule has 0 amide bonds. The van der Waals surface area contributed by atoms with E-state index in [9.17, 15) is 18.0 Å². The van der Waals surface area contributed by atoms with E-state index in [0.29, 0.717) is 11.1 Å². The van der Waals surface area contributed by atoms with Gasteiger partial charge in [0.05, 0.1) is 4.90 Å². The van der Waals surface area contributed by atoms with Gasteiger partial charge in [-0.2, -0.15) is 4.31 Å². The highest BCUT2D eigenvalue weighted by Gasteiger charge is 2.31. The summed E-state index contributed by atoms with van der Waals surface area (Å²) in [5.41, 5.74) is 1.85. The Balaban J connectivity index is 1.72. The van der Waals surface area contributed by atoms with E-state index < -0.39 is 10.0 Å². The number of rotatable bonds is 4. The summed E-state index contributed by atoms with van der Waals surface area (Å²) in [6, 6.07) is 19.9. The molecule has 3 aromatic rings. The summed E-state index contributed by atoms with van der Waals surface area (Å²) in [6.07, 6.45) is 0. The number of ketones is 2. The molecule has 5 nitrogen and oxygen atoms in total. The normalized spacial score (nSPS) is 13.4. The molecule has 4 rings (SSSR count). The van der Waals surface area contributed by atoms with E-state index in [2.05, 4.69) is 0 Å². The summed E-state index contributed by atoms with van der Waals surface area (Å²) in [4.78, 5) is 25.5. The molecule has 0 spiro atoms. The first-order valence-corrected chi connectivity index (χ1v) is 10.2. The van der Waals surface area contributed by atoms with Gasteiger partial charge in [0.2, 0.25) is 10.0 Å². The smallest absolute Gasteiger partial charge is 0.243 e. The predicted molar refractivity (Wildman–Crippen MR) is 105 cm³/mol. The predicted octanol–water partition coefficient (Wildman–Crippen LogP) is 3.28. The summed E-state index contributed by atoms with van der Waals surface area (Å²) < 4.78 is 27.2. The van der Waals surface area contributed by atoms with Crippen molar-refractivity contribution in [2.24, 2.45) is 0 Å². The van der Waals surface area contributed by atoms with E-state index in [4.69, 9.17) is 0 Å². The number of hydrogen-bond donors (Lipinski definition) is 0. The summed E-state index contributed by atoms with van der Waals surface area (Å²) in [5, 5.41) is 0. The maximum atomic E-state index is 13.0. The molecule has 0 radical (unpaired) electrons. The summed E-state index contributed by atoms with van der Waals surface area (Å²) in [6.45, 7) is 0.204. The van der Waals surface area contributed by atoms with Crippen LogP contribution in [-0.2, 0) is 16.6 Å². The van der Waals surface area contributed by atoms with Gasteiger partial charge >= 0.3 is 0 Å². The zero-order valence-corrected chi connectivity index (χ0v) is 15.9. The Bertz CT molecular complexity index is 1200. The SMILES string of the molecule is CN(Cc1ccccc1)S(=O)(=O)c1ccc2c(c1)C(=O)c1ccccc1C2=O. The molecule has 0 fully saturated rings. The highest BCUT2D eigenvalue weighted by molar-refractivity contribution is 7.89. The largest absolute Gasteiger partial charge is 0.289 e. The van der Waals surface area contributed by atoms with Crippen LogP contribution in [0.4, 0.5) is 0 Å². The topological polar surface area (TPSA) is 71.5 Å². The number of sulfonamides is 1. The molecule has 6 heteroatoms. The van der Waals surface area contributed by atoms with Gasteiger partial charge in [-0.25, -0.2) is 8.42 Å². The lowest BCUT2D eigenvalue weighted by Crippen LogP contribution is -2.27. The van der Waals surface area contributed by atoms with Gasteiger partial charge in [0, 0.05) is 35.8 Å². The van der Waals surface area contributed by atoms with Crippen LogP contribution >= 0.6 is 0 Å². The van der Waals surface area contributed by atoms with Crippen molar-refractivity contribution < 1.29 is 18.0 Å². The van der Waals surface area contributed by atoms with Gasteiger partial charge in [-0.05, 0) is 23.8 Å². The maximum absolute atomic E-state index is 13.0. The van der Waals surface area contributed by atoms with Crippen LogP contribution in [0.2, 0.25) is 0 Å². The number of fused-ring (bicyclic) bond motifs is 2. The standard InChI is InChI=1S/C22H17NO4S/c1-23(14-15-7-3-2-4-8-15)28(26,27)16-11-12-19-20(13-16)22(25)18-10-6-5-9-17(18)21(19)24/h2-13H,14H2,1H3. The zero-order valence-electron chi connectivity index (χ0n) is 15.1. The van der Waals surface area contributed by atoms with E-state index in [-0.39, 0.29) is 34.1 Å². The Kier molecular flexibility index (Phi) is 4.45. The second-order valence-electron chi connectivity index (χ2n) is 6.66. The van der Waals surface area contributed by atoms with Gasteiger partial charge in [-0.3, -0.25) is 9.59 Å². The van der Waals surface area contributed by atoms with Crippen molar-refractivity contribution in [3.8, 4) is 0 Å². The number of carbonyl (C=O) groups excluding carboxylic acids is 2. The van der Waals surface area contributed by atoms with Gasteiger partial charge in [-0.1, -0.05) is 54.6 Å². The Hall–Kier alpha value is -3.09. The van der Waals surface area contributed by atoms with Crippen LogP contribution in [-0.4, -0.2) is 31.3 Å². The van der Waals surface area contributed by atoms with Crippen molar-refractivity contribution >= 4 is 21.6 Å². The molecule has 0 atom stereocenters. The van der Waals surface area contributed by atoms with Crippen LogP contribution < -0.4 is 0 Å². The fourth-order valence-electron chi connectivity index (χ4n) is 3.34. The van der Waals surface area contributed by atoms with Crippen LogP contribution in [0.1, 0.15) is 37.4 Å². The summed E-state index contributed by atoms with van der Waals surface area (Å²) in [7, 11) is -2.33. The third-order valence-electron chi connectivity index (χ3n) is 4.85. The van der Waals surface area contributed by atoms with Crippen LogP contribution in [0.5, 0.6) is 0 Å². The molecule has 1 aliphatic rings. The minimum absolute atomic E-state index is 0.00906. The van der Waals surface area contributed by atoms with Gasteiger partial charge in [0.25, 0.3) is 0 Å². The molecule has 140 valence electrons. The van der Waals surface area contributed by atoms with Gasteiger partial charge in [-0.15, -0.1) is 0 Å². The Morgan fingerprint density at radius 3 is 1.89 bits per heavy atom. The minimum Gasteiger partial charge on any atom is -0.289 e. The zero-order chi connectivity index (χ0) is 19.9. The molecule has 0 heterocycles. The van der Waals surface area contributed by atoms with Crippen molar-refractivity contribution in [2.45, 2.75) is 11.4 Å². The Morgan fingerprint density at radius 1 is 0.714 bits per heavy atom. The number of nitrogens with zero attached hydrogens (tertiary/aromatic N) is 1. The highest BCUT2D eigenvalue weighted by atomic mass is 32.2. The average Bonchev–Trinajstić information content (AvgIpc) is 2.72. The molecule has 0 aromatic heterocycles. The van der Waals surface area contributed by atoms with E-state index in [1.165, 1.54) is 29.6 Å². The number of benzene rings is 3. The fourth-order valence-corrected chi connectivity index (χ4v) is 4.53. The van der Waals surface area contributed by atoms with Gasteiger partial charge in [0.1, 0.15) is 0 Å². The van der Waals surface area contributed by atoms with E-state index in [1.54, 1.807) is 24.3 Å².